The van der Waals surface area contributed by atoms with Gasteiger partial charge in [-0.25, -0.2) is 9.37 Å². The van der Waals surface area contributed by atoms with E-state index >= 15 is 0 Å². The summed E-state index contributed by atoms with van der Waals surface area (Å²) in [6.45, 7) is 1.85. The Labute approximate surface area is 145 Å². The maximum absolute atomic E-state index is 13.7. The highest BCUT2D eigenvalue weighted by Crippen LogP contribution is 2.36. The first-order valence-electron chi connectivity index (χ1n) is 8.21. The summed E-state index contributed by atoms with van der Waals surface area (Å²) < 4.78 is 13.7. The zero-order valence-corrected chi connectivity index (χ0v) is 14.2. The monoisotopic (exact) mass is 341 g/mol. The predicted octanol–water partition coefficient (Wildman–Crippen LogP) is 3.08. The van der Waals surface area contributed by atoms with E-state index in [-0.39, 0.29) is 17.6 Å². The Morgan fingerprint density at radius 1 is 1.28 bits per heavy atom. The number of likely N-dealkylation sites (tertiary alicyclic amines) is 1. The van der Waals surface area contributed by atoms with Crippen LogP contribution in [-0.2, 0) is 9.59 Å². The molecular weight excluding hydrogens is 321 g/mol. The van der Waals surface area contributed by atoms with Gasteiger partial charge in [-0.15, -0.1) is 0 Å². The predicted molar refractivity (Wildman–Crippen MR) is 92.2 cm³/mol. The molecule has 6 heteroatoms. The van der Waals surface area contributed by atoms with Gasteiger partial charge in [0.1, 0.15) is 11.6 Å². The molecule has 1 aromatic carbocycles. The lowest BCUT2D eigenvalue weighted by Gasteiger charge is -2.38. The van der Waals surface area contributed by atoms with Crippen molar-refractivity contribution in [3.05, 3.63) is 59.5 Å². The van der Waals surface area contributed by atoms with Crippen molar-refractivity contribution < 1.29 is 14.0 Å². The van der Waals surface area contributed by atoms with Gasteiger partial charge in [-0.3, -0.25) is 9.59 Å². The number of rotatable bonds is 3. The molecule has 1 aromatic heterocycles. The van der Waals surface area contributed by atoms with Gasteiger partial charge in [0.15, 0.2) is 0 Å². The molecule has 1 aliphatic heterocycles. The minimum atomic E-state index is -0.498. The number of nitrogens with one attached hydrogen (secondary N) is 1. The Bertz CT molecular complexity index is 809. The van der Waals surface area contributed by atoms with Crippen LogP contribution in [0, 0.1) is 18.7 Å². The summed E-state index contributed by atoms with van der Waals surface area (Å²) in [5, 5.41) is 2.82. The minimum Gasteiger partial charge on any atom is -0.338 e. The molecule has 0 bridgehead atoms. The van der Waals surface area contributed by atoms with Gasteiger partial charge in [-0.1, -0.05) is 18.2 Å². The first kappa shape index (κ1) is 17.1. The fraction of sp³-hybridized carbons (Fsp3) is 0.316. The molecule has 1 N–H and O–H groups in total. The van der Waals surface area contributed by atoms with Gasteiger partial charge in [0.05, 0.1) is 12.0 Å². The summed E-state index contributed by atoms with van der Waals surface area (Å²) in [5.41, 5.74) is 1.42. The lowest BCUT2D eigenvalue weighted by Crippen LogP contribution is -2.44. The third-order valence-corrected chi connectivity index (χ3v) is 4.53. The van der Waals surface area contributed by atoms with Crippen LogP contribution < -0.4 is 5.32 Å². The molecule has 25 heavy (non-hydrogen) atoms. The highest BCUT2D eigenvalue weighted by atomic mass is 19.1. The first-order valence-corrected chi connectivity index (χ1v) is 8.21. The van der Waals surface area contributed by atoms with Gasteiger partial charge in [-0.2, -0.15) is 0 Å². The summed E-state index contributed by atoms with van der Waals surface area (Å²) in [7, 11) is 1.66. The molecule has 0 aliphatic carbocycles. The van der Waals surface area contributed by atoms with E-state index in [4.69, 9.17) is 0 Å². The van der Waals surface area contributed by atoms with E-state index in [9.17, 15) is 14.0 Å². The van der Waals surface area contributed by atoms with Gasteiger partial charge < -0.3 is 10.2 Å². The fourth-order valence-electron chi connectivity index (χ4n) is 3.29. The quantitative estimate of drug-likeness (QED) is 0.933. The van der Waals surface area contributed by atoms with Crippen LogP contribution >= 0.6 is 0 Å². The standard InChI is InChI=1S/C19H20FN3O2/c1-12-5-3-8-16(21-12)22-19(25)15-9-10-17(24)23(2)18(15)13-6-4-7-14(20)11-13/h3-8,11,15,18H,9-10H2,1-2H3,(H,21,22,25)/t15-,18-/m1/s1. The molecule has 5 nitrogen and oxygen atoms in total. The van der Waals surface area contributed by atoms with Crippen molar-refractivity contribution in [1.29, 1.82) is 0 Å². The second-order valence-electron chi connectivity index (χ2n) is 6.30. The van der Waals surface area contributed by atoms with E-state index in [2.05, 4.69) is 10.3 Å². The number of benzene rings is 1. The van der Waals surface area contributed by atoms with Gasteiger partial charge in [0, 0.05) is 19.2 Å². The third kappa shape index (κ3) is 3.68. The molecule has 0 spiro atoms. The number of amides is 2. The van der Waals surface area contributed by atoms with Gasteiger partial charge in [0.2, 0.25) is 11.8 Å². The smallest absolute Gasteiger partial charge is 0.231 e. The van der Waals surface area contributed by atoms with E-state index in [0.29, 0.717) is 24.2 Å². The lowest BCUT2D eigenvalue weighted by molar-refractivity contribution is -0.140. The van der Waals surface area contributed by atoms with E-state index in [1.165, 1.54) is 17.0 Å². The van der Waals surface area contributed by atoms with E-state index in [1.54, 1.807) is 25.2 Å². The second-order valence-corrected chi connectivity index (χ2v) is 6.30. The van der Waals surface area contributed by atoms with Crippen molar-refractivity contribution in [1.82, 2.24) is 9.88 Å². The molecule has 2 aromatic rings. The van der Waals surface area contributed by atoms with Crippen LogP contribution in [0.25, 0.3) is 0 Å². The zero-order valence-electron chi connectivity index (χ0n) is 14.2. The average Bonchev–Trinajstić information content (AvgIpc) is 2.57. The summed E-state index contributed by atoms with van der Waals surface area (Å²) in [5.74, 6) is -0.642. The SMILES string of the molecule is Cc1cccc(NC(=O)[C@@H]2CCC(=O)N(C)[C@@H]2c2cccc(F)c2)n1. The van der Waals surface area contributed by atoms with E-state index < -0.39 is 12.0 Å². The summed E-state index contributed by atoms with van der Waals surface area (Å²) in [4.78, 5) is 30.8. The molecule has 0 saturated carbocycles. The minimum absolute atomic E-state index is 0.0491. The Kier molecular flexibility index (Phi) is 4.79. The van der Waals surface area contributed by atoms with Crippen molar-refractivity contribution in [2.75, 3.05) is 12.4 Å². The van der Waals surface area contributed by atoms with Crippen LogP contribution in [0.5, 0.6) is 0 Å². The Morgan fingerprint density at radius 3 is 2.76 bits per heavy atom. The van der Waals surface area contributed by atoms with Gasteiger partial charge >= 0.3 is 0 Å². The number of halogens is 1. The molecule has 2 amide bonds. The normalized spacial score (nSPS) is 20.4. The largest absolute Gasteiger partial charge is 0.338 e. The van der Waals surface area contributed by atoms with Crippen LogP contribution in [0.2, 0.25) is 0 Å². The molecule has 1 saturated heterocycles. The summed E-state index contributed by atoms with van der Waals surface area (Å²) in [6.07, 6.45) is 0.712. The number of anilines is 1. The van der Waals surface area contributed by atoms with Crippen molar-refractivity contribution in [3.63, 3.8) is 0 Å². The molecule has 2 heterocycles. The van der Waals surface area contributed by atoms with E-state index in [1.807, 2.05) is 19.1 Å². The highest BCUT2D eigenvalue weighted by molar-refractivity contribution is 5.94. The van der Waals surface area contributed by atoms with Gasteiger partial charge in [-0.05, 0) is 43.2 Å². The maximum atomic E-state index is 13.7. The molecule has 1 fully saturated rings. The molecule has 2 atom stereocenters. The van der Waals surface area contributed by atoms with Crippen molar-refractivity contribution in [3.8, 4) is 0 Å². The summed E-state index contributed by atoms with van der Waals surface area (Å²) >= 11 is 0. The average molecular weight is 341 g/mol. The van der Waals surface area contributed by atoms with Crippen molar-refractivity contribution >= 4 is 17.6 Å². The molecule has 0 radical (unpaired) electrons. The van der Waals surface area contributed by atoms with Crippen molar-refractivity contribution in [2.45, 2.75) is 25.8 Å². The zero-order chi connectivity index (χ0) is 18.0. The topological polar surface area (TPSA) is 62.3 Å². The number of carbonyl (C=O) groups excluding carboxylic acids is 2. The highest BCUT2D eigenvalue weighted by Gasteiger charge is 2.39. The van der Waals surface area contributed by atoms with Crippen molar-refractivity contribution in [2.24, 2.45) is 5.92 Å². The Hall–Kier alpha value is -2.76. The number of piperidine rings is 1. The number of nitrogens with zero attached hydrogens (tertiary/aromatic N) is 2. The van der Waals surface area contributed by atoms with Gasteiger partial charge in [0.25, 0.3) is 0 Å². The molecule has 1 aliphatic rings. The van der Waals surface area contributed by atoms with Crippen LogP contribution in [0.3, 0.4) is 0 Å². The fourth-order valence-corrected chi connectivity index (χ4v) is 3.29. The Morgan fingerprint density at radius 2 is 2.04 bits per heavy atom. The van der Waals surface area contributed by atoms with Crippen LogP contribution in [-0.4, -0.2) is 28.7 Å². The Balaban J connectivity index is 1.89. The molecule has 3 rings (SSSR count). The number of hydrogen-bond acceptors (Lipinski definition) is 3. The summed E-state index contributed by atoms with van der Waals surface area (Å²) in [6, 6.07) is 11.0. The van der Waals surface area contributed by atoms with Crippen LogP contribution in [0.4, 0.5) is 10.2 Å². The number of aromatic nitrogens is 1. The first-order chi connectivity index (χ1) is 12.0. The number of hydrogen-bond donors (Lipinski definition) is 1. The van der Waals surface area contributed by atoms with Crippen LogP contribution in [0.1, 0.15) is 30.1 Å². The second kappa shape index (κ2) is 7.01. The third-order valence-electron chi connectivity index (χ3n) is 4.53. The lowest BCUT2D eigenvalue weighted by atomic mass is 9.84. The molecule has 130 valence electrons. The van der Waals surface area contributed by atoms with E-state index in [0.717, 1.165) is 5.69 Å². The maximum Gasteiger partial charge on any atom is 0.231 e. The number of carbonyl (C=O) groups is 2. The molecule has 0 unspecified atom stereocenters. The van der Waals surface area contributed by atoms with Crippen LogP contribution in [0.15, 0.2) is 42.5 Å². The molecular formula is C19H20FN3O2. The number of pyridine rings is 1. The number of aryl methyl sites for hydroxylation is 1.